The predicted molar refractivity (Wildman–Crippen MR) is 55.8 cm³/mol. The average molecular weight is 174 g/mol. The molecule has 1 atom stereocenters. The molecule has 2 heteroatoms. The first-order valence-electron chi connectivity index (χ1n) is 4.56. The fourth-order valence-corrected chi connectivity index (χ4v) is 1.48. The third-order valence-electron chi connectivity index (χ3n) is 2.45. The first-order valence-corrected chi connectivity index (χ1v) is 4.56. The quantitative estimate of drug-likeness (QED) is 0.719. The topological polar surface area (TPSA) is 27.8 Å². The van der Waals surface area contributed by atoms with Gasteiger partial charge in [0.1, 0.15) is 0 Å². The van der Waals surface area contributed by atoms with E-state index in [1.54, 1.807) is 0 Å². The molecule has 0 aliphatic carbocycles. The molecule has 2 N–H and O–H groups in total. The van der Waals surface area contributed by atoms with Crippen molar-refractivity contribution in [3.63, 3.8) is 0 Å². The summed E-state index contributed by atoms with van der Waals surface area (Å²) in [5.74, 6) is 0. The van der Waals surface area contributed by atoms with Gasteiger partial charge in [-0.05, 0) is 31.5 Å². The van der Waals surface area contributed by atoms with E-state index >= 15 is 0 Å². The minimum absolute atomic E-state index is 0.382. The van der Waals surface area contributed by atoms with Crippen LogP contribution in [0.25, 0.3) is 10.9 Å². The van der Waals surface area contributed by atoms with Gasteiger partial charge in [-0.15, -0.1) is 0 Å². The second-order valence-electron chi connectivity index (χ2n) is 3.32. The van der Waals surface area contributed by atoms with Crippen LogP contribution >= 0.6 is 0 Å². The molecule has 2 rings (SSSR count). The number of fused-ring (bicyclic) bond motifs is 1. The van der Waals surface area contributed by atoms with E-state index in [2.05, 4.69) is 41.5 Å². The van der Waals surface area contributed by atoms with E-state index in [9.17, 15) is 0 Å². The Kier molecular flexibility index (Phi) is 2.07. The van der Waals surface area contributed by atoms with Crippen LogP contribution in [0.15, 0.2) is 30.3 Å². The Hall–Kier alpha value is -1.28. The van der Waals surface area contributed by atoms with Crippen LogP contribution in [0.3, 0.4) is 0 Å². The molecule has 0 saturated carbocycles. The first-order chi connectivity index (χ1) is 6.31. The van der Waals surface area contributed by atoms with E-state index < -0.39 is 0 Å². The molecule has 1 aromatic carbocycles. The molecule has 2 nitrogen and oxygen atoms in total. The summed E-state index contributed by atoms with van der Waals surface area (Å²) in [6, 6.07) is 10.9. The third-order valence-corrected chi connectivity index (χ3v) is 2.45. The van der Waals surface area contributed by atoms with Gasteiger partial charge in [0.05, 0.1) is 0 Å². The van der Waals surface area contributed by atoms with Crippen molar-refractivity contribution in [1.29, 1.82) is 0 Å². The molecule has 0 radical (unpaired) electrons. The molecule has 0 aliphatic heterocycles. The van der Waals surface area contributed by atoms with E-state index in [-0.39, 0.29) is 0 Å². The molecule has 0 fully saturated rings. The largest absolute Gasteiger partial charge is 0.357 e. The molecule has 68 valence electrons. The Morgan fingerprint density at radius 2 is 2.08 bits per heavy atom. The van der Waals surface area contributed by atoms with Gasteiger partial charge in [0.2, 0.25) is 0 Å². The van der Waals surface area contributed by atoms with E-state index in [0.29, 0.717) is 6.04 Å². The summed E-state index contributed by atoms with van der Waals surface area (Å²) >= 11 is 0. The zero-order valence-corrected chi connectivity index (χ0v) is 7.96. The minimum Gasteiger partial charge on any atom is -0.357 e. The zero-order valence-electron chi connectivity index (χ0n) is 7.96. The molecule has 0 bridgehead atoms. The second kappa shape index (κ2) is 3.23. The van der Waals surface area contributed by atoms with Gasteiger partial charge in [-0.3, -0.25) is 0 Å². The summed E-state index contributed by atoms with van der Waals surface area (Å²) in [5.41, 5.74) is 2.45. The van der Waals surface area contributed by atoms with Crippen LogP contribution in [0.1, 0.15) is 18.7 Å². The molecular formula is C11H14N2. The van der Waals surface area contributed by atoms with E-state index in [1.807, 2.05) is 13.1 Å². The lowest BCUT2D eigenvalue weighted by Gasteiger charge is -2.05. The lowest BCUT2D eigenvalue weighted by molar-refractivity contribution is 0.638. The van der Waals surface area contributed by atoms with Crippen LogP contribution < -0.4 is 5.32 Å². The Morgan fingerprint density at radius 3 is 2.77 bits per heavy atom. The van der Waals surface area contributed by atoms with Crippen LogP contribution in [0.5, 0.6) is 0 Å². The van der Waals surface area contributed by atoms with Gasteiger partial charge in [0, 0.05) is 17.3 Å². The minimum atomic E-state index is 0.382. The monoisotopic (exact) mass is 174 g/mol. The van der Waals surface area contributed by atoms with Crippen molar-refractivity contribution in [2.24, 2.45) is 0 Å². The highest BCUT2D eigenvalue weighted by atomic mass is 14.9. The number of rotatable bonds is 2. The van der Waals surface area contributed by atoms with Crippen LogP contribution in [-0.2, 0) is 0 Å². The number of para-hydroxylation sites is 1. The summed E-state index contributed by atoms with van der Waals surface area (Å²) in [6.45, 7) is 2.14. The maximum Gasteiger partial charge on any atom is 0.0456 e. The number of H-pyrrole nitrogens is 1. The van der Waals surface area contributed by atoms with Crippen LogP contribution in [-0.4, -0.2) is 12.0 Å². The number of aromatic nitrogens is 1. The fraction of sp³-hybridized carbons (Fsp3) is 0.273. The molecule has 0 spiro atoms. The Balaban J connectivity index is 2.49. The highest BCUT2D eigenvalue weighted by molar-refractivity contribution is 5.80. The SMILES string of the molecule is CN[C@H](C)c1cc2ccccc2[nH]1. The van der Waals surface area contributed by atoms with Gasteiger partial charge in [-0.1, -0.05) is 18.2 Å². The molecule has 13 heavy (non-hydrogen) atoms. The summed E-state index contributed by atoms with van der Waals surface area (Å²) in [4.78, 5) is 3.38. The van der Waals surface area contributed by atoms with Gasteiger partial charge in [-0.2, -0.15) is 0 Å². The van der Waals surface area contributed by atoms with Crippen LogP contribution in [0.4, 0.5) is 0 Å². The standard InChI is InChI=1S/C11H14N2/c1-8(12-2)11-7-9-5-3-4-6-10(9)13-11/h3-8,12-13H,1-2H3/t8-/m1/s1. The average Bonchev–Trinajstić information content (AvgIpc) is 2.59. The zero-order chi connectivity index (χ0) is 9.26. The number of benzene rings is 1. The maximum atomic E-state index is 3.38. The first kappa shape index (κ1) is 8.32. The highest BCUT2D eigenvalue weighted by Crippen LogP contribution is 2.18. The number of aromatic amines is 1. The molecule has 2 aromatic rings. The van der Waals surface area contributed by atoms with Crippen molar-refractivity contribution in [3.8, 4) is 0 Å². The molecular weight excluding hydrogens is 160 g/mol. The summed E-state index contributed by atoms with van der Waals surface area (Å²) < 4.78 is 0. The fourth-order valence-electron chi connectivity index (χ4n) is 1.48. The van der Waals surface area contributed by atoms with Gasteiger partial charge in [0.25, 0.3) is 0 Å². The Labute approximate surface area is 78.0 Å². The van der Waals surface area contributed by atoms with Gasteiger partial charge < -0.3 is 10.3 Å². The van der Waals surface area contributed by atoms with E-state index in [0.717, 1.165) is 0 Å². The lowest BCUT2D eigenvalue weighted by Crippen LogP contribution is -2.12. The number of hydrogen-bond donors (Lipinski definition) is 2. The smallest absolute Gasteiger partial charge is 0.0456 e. The normalized spacial score (nSPS) is 13.4. The summed E-state index contributed by atoms with van der Waals surface area (Å²) in [5, 5.41) is 4.49. The number of nitrogens with one attached hydrogen (secondary N) is 2. The second-order valence-corrected chi connectivity index (χ2v) is 3.32. The molecule has 1 aromatic heterocycles. The maximum absolute atomic E-state index is 3.38. The van der Waals surface area contributed by atoms with E-state index in [4.69, 9.17) is 0 Å². The van der Waals surface area contributed by atoms with E-state index in [1.165, 1.54) is 16.6 Å². The Morgan fingerprint density at radius 1 is 1.31 bits per heavy atom. The predicted octanol–water partition coefficient (Wildman–Crippen LogP) is 2.45. The van der Waals surface area contributed by atoms with Gasteiger partial charge in [-0.25, -0.2) is 0 Å². The molecule has 0 amide bonds. The van der Waals surface area contributed by atoms with Crippen molar-refractivity contribution < 1.29 is 0 Å². The molecule has 1 heterocycles. The highest BCUT2D eigenvalue weighted by Gasteiger charge is 2.05. The molecule has 0 saturated heterocycles. The molecule has 0 unspecified atom stereocenters. The number of hydrogen-bond acceptors (Lipinski definition) is 1. The molecule has 0 aliphatic rings. The third kappa shape index (κ3) is 1.45. The van der Waals surface area contributed by atoms with Gasteiger partial charge in [0.15, 0.2) is 0 Å². The van der Waals surface area contributed by atoms with Crippen molar-refractivity contribution in [3.05, 3.63) is 36.0 Å². The Bertz CT molecular complexity index is 370. The van der Waals surface area contributed by atoms with Crippen molar-refractivity contribution in [2.45, 2.75) is 13.0 Å². The van der Waals surface area contributed by atoms with Crippen molar-refractivity contribution in [1.82, 2.24) is 10.3 Å². The van der Waals surface area contributed by atoms with Gasteiger partial charge >= 0.3 is 0 Å². The van der Waals surface area contributed by atoms with Crippen LogP contribution in [0, 0.1) is 0 Å². The lowest BCUT2D eigenvalue weighted by atomic mass is 10.2. The summed E-state index contributed by atoms with van der Waals surface area (Å²) in [6.07, 6.45) is 0. The van der Waals surface area contributed by atoms with Crippen molar-refractivity contribution >= 4 is 10.9 Å². The van der Waals surface area contributed by atoms with Crippen molar-refractivity contribution in [2.75, 3.05) is 7.05 Å². The summed E-state index contributed by atoms with van der Waals surface area (Å²) in [7, 11) is 1.97. The van der Waals surface area contributed by atoms with Crippen LogP contribution in [0.2, 0.25) is 0 Å².